The van der Waals surface area contributed by atoms with Crippen LogP contribution in [0.3, 0.4) is 0 Å². The molecule has 0 unspecified atom stereocenters. The van der Waals surface area contributed by atoms with Gasteiger partial charge < -0.3 is 0 Å². The fraction of sp³-hybridized carbons (Fsp3) is 0.800. The topological polar surface area (TPSA) is 85.3 Å². The van der Waals surface area contributed by atoms with Crippen molar-refractivity contribution in [2.75, 3.05) is 6.26 Å². The molecule has 0 aliphatic heterocycles. The lowest BCUT2D eigenvalue weighted by atomic mass is 9.66. The minimum absolute atomic E-state index is 0.0406. The second-order valence-corrected chi connectivity index (χ2v) is 8.74. The molecule has 2 aliphatic rings. The average molecular weight is 314 g/mol. The Balaban J connectivity index is 2.21. The number of carbonyl (C=O) groups excluding carboxylic acids is 3. The molecule has 2 saturated carbocycles. The average Bonchev–Trinajstić information content (AvgIpc) is 2.24. The van der Waals surface area contributed by atoms with Crippen LogP contribution < -0.4 is 0 Å². The summed E-state index contributed by atoms with van der Waals surface area (Å²) in [6.45, 7) is 1.82. The number of hydrogen-bond donors (Lipinski definition) is 0. The Kier molecular flexibility index (Phi) is 4.38. The van der Waals surface area contributed by atoms with Crippen LogP contribution in [0.25, 0.3) is 0 Å². The first-order valence-corrected chi connectivity index (χ1v) is 9.40. The van der Waals surface area contributed by atoms with Gasteiger partial charge in [0, 0.05) is 25.5 Å². The van der Waals surface area contributed by atoms with Crippen molar-refractivity contribution < 1.29 is 22.8 Å². The fourth-order valence-electron chi connectivity index (χ4n) is 3.70. The van der Waals surface area contributed by atoms with Gasteiger partial charge in [-0.3, -0.25) is 14.4 Å². The Bertz CT molecular complexity index is 553. The molecule has 0 spiro atoms. The smallest absolute Gasteiger partial charge is 0.153 e. The van der Waals surface area contributed by atoms with Crippen molar-refractivity contribution in [3.05, 3.63) is 0 Å². The van der Waals surface area contributed by atoms with Gasteiger partial charge in [0.05, 0.1) is 4.75 Å². The van der Waals surface area contributed by atoms with Gasteiger partial charge in [0.15, 0.2) is 27.2 Å². The standard InChI is InChI=1S/C15H22O5S/c1-3-5-11(16)14-12(17)8-10(9-13(14)18)15(6-4-7-15)21(2,19)20/h10,14H,3-9H2,1-2H3. The van der Waals surface area contributed by atoms with Gasteiger partial charge in [-0.15, -0.1) is 0 Å². The molecule has 6 heteroatoms. The van der Waals surface area contributed by atoms with Crippen molar-refractivity contribution in [1.82, 2.24) is 0 Å². The van der Waals surface area contributed by atoms with Crippen molar-refractivity contribution in [2.24, 2.45) is 11.8 Å². The zero-order valence-corrected chi connectivity index (χ0v) is 13.4. The zero-order valence-electron chi connectivity index (χ0n) is 12.6. The Morgan fingerprint density at radius 1 is 1.19 bits per heavy atom. The third-order valence-corrected chi connectivity index (χ3v) is 7.26. The van der Waals surface area contributed by atoms with Crippen molar-refractivity contribution >= 4 is 27.2 Å². The van der Waals surface area contributed by atoms with Crippen LogP contribution >= 0.6 is 0 Å². The van der Waals surface area contributed by atoms with Crippen LogP contribution in [-0.4, -0.2) is 36.8 Å². The molecule has 2 fully saturated rings. The number of hydrogen-bond acceptors (Lipinski definition) is 5. The van der Waals surface area contributed by atoms with E-state index in [0.717, 1.165) is 6.42 Å². The van der Waals surface area contributed by atoms with Gasteiger partial charge in [0.1, 0.15) is 5.92 Å². The van der Waals surface area contributed by atoms with Gasteiger partial charge >= 0.3 is 0 Å². The monoisotopic (exact) mass is 314 g/mol. The van der Waals surface area contributed by atoms with E-state index in [4.69, 9.17) is 0 Å². The second-order valence-electron chi connectivity index (χ2n) is 6.38. The highest BCUT2D eigenvalue weighted by molar-refractivity contribution is 7.92. The quantitative estimate of drug-likeness (QED) is 0.718. The summed E-state index contributed by atoms with van der Waals surface area (Å²) in [5.41, 5.74) is 0. The van der Waals surface area contributed by atoms with Crippen molar-refractivity contribution in [1.29, 1.82) is 0 Å². The van der Waals surface area contributed by atoms with Crippen LogP contribution in [0.4, 0.5) is 0 Å². The normalized spacial score (nSPS) is 29.0. The maximum atomic E-state index is 12.2. The number of sulfone groups is 1. The summed E-state index contributed by atoms with van der Waals surface area (Å²) in [5, 5.41) is 0. The van der Waals surface area contributed by atoms with E-state index in [0.29, 0.717) is 19.3 Å². The molecule has 0 bridgehead atoms. The highest BCUT2D eigenvalue weighted by Crippen LogP contribution is 2.49. The SMILES string of the molecule is CCCC(=O)C1C(=O)CC(C2(S(C)(=O)=O)CCC2)CC1=O. The maximum absolute atomic E-state index is 12.2. The van der Waals surface area contributed by atoms with Gasteiger partial charge in [0.2, 0.25) is 0 Å². The summed E-state index contributed by atoms with van der Waals surface area (Å²) in [6, 6.07) is 0. The summed E-state index contributed by atoms with van der Waals surface area (Å²) in [6.07, 6.45) is 3.95. The molecule has 2 rings (SSSR count). The predicted octanol–water partition coefficient (Wildman–Crippen LogP) is 1.49. The second kappa shape index (κ2) is 5.63. The molecule has 0 aromatic carbocycles. The number of carbonyl (C=O) groups is 3. The van der Waals surface area contributed by atoms with Crippen LogP contribution in [0.2, 0.25) is 0 Å². The Morgan fingerprint density at radius 2 is 1.71 bits per heavy atom. The summed E-state index contributed by atoms with van der Waals surface area (Å²) >= 11 is 0. The fourth-order valence-corrected chi connectivity index (χ4v) is 5.50. The van der Waals surface area contributed by atoms with Gasteiger partial charge in [0.25, 0.3) is 0 Å². The van der Waals surface area contributed by atoms with Gasteiger partial charge in [-0.2, -0.15) is 0 Å². The lowest BCUT2D eigenvalue weighted by Crippen LogP contribution is -2.55. The third-order valence-electron chi connectivity index (χ3n) is 5.04. The predicted molar refractivity (Wildman–Crippen MR) is 77.6 cm³/mol. The summed E-state index contributed by atoms with van der Waals surface area (Å²) in [5.74, 6) is -2.67. The van der Waals surface area contributed by atoms with E-state index in [1.807, 2.05) is 6.92 Å². The molecule has 0 amide bonds. The molecule has 0 saturated heterocycles. The van der Waals surface area contributed by atoms with E-state index >= 15 is 0 Å². The minimum atomic E-state index is -3.31. The lowest BCUT2D eigenvalue weighted by Gasteiger charge is -2.47. The van der Waals surface area contributed by atoms with Gasteiger partial charge in [-0.05, 0) is 25.2 Å². The molecule has 0 N–H and O–H groups in total. The van der Waals surface area contributed by atoms with Crippen molar-refractivity contribution in [3.63, 3.8) is 0 Å². The Hall–Kier alpha value is -1.04. The molecule has 0 aromatic rings. The first-order chi connectivity index (χ1) is 9.73. The highest BCUT2D eigenvalue weighted by Gasteiger charge is 2.55. The largest absolute Gasteiger partial charge is 0.298 e. The molecular weight excluding hydrogens is 292 g/mol. The number of rotatable bonds is 5. The van der Waals surface area contributed by atoms with E-state index in [1.54, 1.807) is 0 Å². The van der Waals surface area contributed by atoms with E-state index in [2.05, 4.69) is 0 Å². The van der Waals surface area contributed by atoms with Crippen LogP contribution in [0, 0.1) is 11.8 Å². The lowest BCUT2D eigenvalue weighted by molar-refractivity contribution is -0.144. The number of Topliss-reactive ketones (excluding diaryl/α,β-unsaturated/α-hetero) is 3. The van der Waals surface area contributed by atoms with Gasteiger partial charge in [-0.1, -0.05) is 13.3 Å². The highest BCUT2D eigenvalue weighted by atomic mass is 32.2. The summed E-state index contributed by atoms with van der Waals surface area (Å²) < 4.78 is 23.2. The van der Waals surface area contributed by atoms with Crippen LogP contribution in [0.1, 0.15) is 51.9 Å². The van der Waals surface area contributed by atoms with E-state index < -0.39 is 26.4 Å². The first kappa shape index (κ1) is 16.3. The molecule has 0 aromatic heterocycles. The minimum Gasteiger partial charge on any atom is -0.298 e. The molecule has 0 atom stereocenters. The maximum Gasteiger partial charge on any atom is 0.153 e. The van der Waals surface area contributed by atoms with E-state index in [-0.39, 0.29) is 36.6 Å². The van der Waals surface area contributed by atoms with E-state index in [9.17, 15) is 22.8 Å². The van der Waals surface area contributed by atoms with Crippen molar-refractivity contribution in [3.8, 4) is 0 Å². The third kappa shape index (κ3) is 2.70. The van der Waals surface area contributed by atoms with Crippen LogP contribution in [0.5, 0.6) is 0 Å². The molecular formula is C15H22O5S. The molecule has 5 nitrogen and oxygen atoms in total. The Labute approximate surface area is 125 Å². The summed E-state index contributed by atoms with van der Waals surface area (Å²) in [4.78, 5) is 36.3. The van der Waals surface area contributed by atoms with Gasteiger partial charge in [-0.25, -0.2) is 8.42 Å². The molecule has 118 valence electrons. The summed E-state index contributed by atoms with van der Waals surface area (Å²) in [7, 11) is -3.31. The number of ketones is 3. The molecule has 2 aliphatic carbocycles. The molecule has 21 heavy (non-hydrogen) atoms. The van der Waals surface area contributed by atoms with E-state index in [1.165, 1.54) is 6.26 Å². The van der Waals surface area contributed by atoms with Crippen LogP contribution in [0.15, 0.2) is 0 Å². The van der Waals surface area contributed by atoms with Crippen molar-refractivity contribution in [2.45, 2.75) is 56.6 Å². The molecule has 0 radical (unpaired) electrons. The first-order valence-electron chi connectivity index (χ1n) is 7.50. The van der Waals surface area contributed by atoms with Crippen LogP contribution in [-0.2, 0) is 24.2 Å². The zero-order chi connectivity index (χ0) is 15.8. The Morgan fingerprint density at radius 3 is 2.05 bits per heavy atom. The molecule has 0 heterocycles.